The first-order valence-corrected chi connectivity index (χ1v) is 9.21. The molecule has 1 N–H and O–H groups in total. The molecule has 7 heteroatoms. The lowest BCUT2D eigenvalue weighted by atomic mass is 10.2. The first-order valence-electron chi connectivity index (χ1n) is 7.77. The number of benzene rings is 1. The van der Waals surface area contributed by atoms with Crippen molar-refractivity contribution in [3.63, 3.8) is 0 Å². The second kappa shape index (κ2) is 6.43. The maximum absolute atomic E-state index is 12.5. The lowest BCUT2D eigenvalue weighted by Gasteiger charge is -2.18. The topological polar surface area (TPSA) is 65.5 Å². The number of nitrogens with zero attached hydrogens (tertiary/aromatic N) is 3. The third kappa shape index (κ3) is 3.63. The fourth-order valence-electron chi connectivity index (χ4n) is 2.81. The van der Waals surface area contributed by atoms with Crippen molar-refractivity contribution in [2.24, 2.45) is 0 Å². The Morgan fingerprint density at radius 2 is 1.91 bits per heavy atom. The summed E-state index contributed by atoms with van der Waals surface area (Å²) in [6.45, 7) is 1.88. The van der Waals surface area contributed by atoms with E-state index in [9.17, 15) is 8.42 Å². The molecule has 2 aromatic rings. The average Bonchev–Trinajstić information content (AvgIpc) is 3.02. The Labute approximate surface area is 137 Å². The molecule has 0 atom stereocenters. The Kier molecular flexibility index (Phi) is 4.52. The molecule has 0 spiro atoms. The third-order valence-corrected chi connectivity index (χ3v) is 5.42. The van der Waals surface area contributed by atoms with Crippen molar-refractivity contribution in [3.8, 4) is 0 Å². The number of nitrogens with one attached hydrogen (secondary N) is 1. The summed E-state index contributed by atoms with van der Waals surface area (Å²) in [5, 5.41) is 0.925. The van der Waals surface area contributed by atoms with Crippen LogP contribution >= 0.6 is 0 Å². The Bertz CT molecular complexity index is 799. The van der Waals surface area contributed by atoms with Crippen molar-refractivity contribution >= 4 is 26.8 Å². The first kappa shape index (κ1) is 16.2. The number of rotatable bonds is 5. The molecule has 1 saturated heterocycles. The van der Waals surface area contributed by atoms with E-state index in [0.29, 0.717) is 30.8 Å². The highest BCUT2D eigenvalue weighted by molar-refractivity contribution is 7.90. The van der Waals surface area contributed by atoms with Crippen LogP contribution in [0.5, 0.6) is 0 Å². The van der Waals surface area contributed by atoms with E-state index in [1.54, 1.807) is 6.07 Å². The second-order valence-electron chi connectivity index (χ2n) is 6.13. The van der Waals surface area contributed by atoms with Gasteiger partial charge < -0.3 is 4.90 Å². The van der Waals surface area contributed by atoms with E-state index in [1.807, 2.05) is 43.3 Å². The fourth-order valence-corrected chi connectivity index (χ4v) is 4.12. The van der Waals surface area contributed by atoms with Gasteiger partial charge in [0.2, 0.25) is 0 Å². The lowest BCUT2D eigenvalue weighted by molar-refractivity contribution is 0.397. The Morgan fingerprint density at radius 3 is 2.61 bits per heavy atom. The molecule has 0 saturated carbocycles. The molecule has 0 aliphatic carbocycles. The Balaban J connectivity index is 1.96. The summed E-state index contributed by atoms with van der Waals surface area (Å²) in [4.78, 5) is 6.67. The van der Waals surface area contributed by atoms with Crippen LogP contribution in [0, 0.1) is 0 Å². The van der Waals surface area contributed by atoms with Gasteiger partial charge in [-0.1, -0.05) is 18.2 Å². The molecule has 1 aromatic carbocycles. The minimum Gasteiger partial charge on any atom is -0.304 e. The minimum atomic E-state index is -3.51. The van der Waals surface area contributed by atoms with Crippen molar-refractivity contribution in [1.29, 1.82) is 0 Å². The molecule has 0 amide bonds. The van der Waals surface area contributed by atoms with Gasteiger partial charge >= 0.3 is 10.2 Å². The molecular formula is C16H22N4O2S. The molecule has 1 aliphatic rings. The summed E-state index contributed by atoms with van der Waals surface area (Å²) in [6.07, 6.45) is 1.84. The highest BCUT2D eigenvalue weighted by atomic mass is 32.2. The molecule has 124 valence electrons. The van der Waals surface area contributed by atoms with Crippen molar-refractivity contribution in [3.05, 3.63) is 36.0 Å². The first-order chi connectivity index (χ1) is 11.0. The van der Waals surface area contributed by atoms with Gasteiger partial charge in [-0.15, -0.1) is 0 Å². The summed E-state index contributed by atoms with van der Waals surface area (Å²) in [5.41, 5.74) is 2.14. The smallest absolute Gasteiger partial charge is 0.301 e. The van der Waals surface area contributed by atoms with E-state index in [1.165, 1.54) is 4.31 Å². The predicted octanol–water partition coefficient (Wildman–Crippen LogP) is 2.05. The van der Waals surface area contributed by atoms with Gasteiger partial charge in [-0.2, -0.15) is 12.7 Å². The van der Waals surface area contributed by atoms with Crippen LogP contribution in [0.4, 0.5) is 5.69 Å². The molecule has 0 unspecified atom stereocenters. The van der Waals surface area contributed by atoms with Crippen LogP contribution < -0.4 is 4.72 Å². The van der Waals surface area contributed by atoms with Gasteiger partial charge in [-0.05, 0) is 39.1 Å². The zero-order valence-electron chi connectivity index (χ0n) is 13.5. The molecule has 1 aliphatic heterocycles. The Hall–Kier alpha value is -1.70. The van der Waals surface area contributed by atoms with E-state index >= 15 is 0 Å². The Morgan fingerprint density at radius 1 is 1.17 bits per heavy atom. The van der Waals surface area contributed by atoms with Crippen LogP contribution in [0.3, 0.4) is 0 Å². The van der Waals surface area contributed by atoms with Gasteiger partial charge in [0.05, 0.1) is 16.9 Å². The number of fused-ring (bicyclic) bond motifs is 1. The van der Waals surface area contributed by atoms with Crippen molar-refractivity contribution in [2.75, 3.05) is 31.9 Å². The van der Waals surface area contributed by atoms with E-state index in [2.05, 4.69) is 9.71 Å². The normalized spacial score (nSPS) is 16.3. The van der Waals surface area contributed by atoms with E-state index in [4.69, 9.17) is 0 Å². The number of para-hydroxylation sites is 1. The van der Waals surface area contributed by atoms with Gasteiger partial charge in [0, 0.05) is 25.0 Å². The molecule has 0 radical (unpaired) electrons. The van der Waals surface area contributed by atoms with Crippen molar-refractivity contribution in [2.45, 2.75) is 19.4 Å². The minimum absolute atomic E-state index is 0.537. The summed E-state index contributed by atoms with van der Waals surface area (Å²) in [7, 11) is 0.453. The maximum Gasteiger partial charge on any atom is 0.301 e. The highest BCUT2D eigenvalue weighted by Gasteiger charge is 2.25. The van der Waals surface area contributed by atoms with Gasteiger partial charge in [0.1, 0.15) is 0 Å². The third-order valence-electron chi connectivity index (χ3n) is 3.90. The van der Waals surface area contributed by atoms with Crippen LogP contribution in [0.2, 0.25) is 0 Å². The molecule has 23 heavy (non-hydrogen) atoms. The van der Waals surface area contributed by atoms with E-state index in [0.717, 1.165) is 23.9 Å². The number of hydrogen-bond acceptors (Lipinski definition) is 4. The van der Waals surface area contributed by atoms with Crippen LogP contribution in [0.15, 0.2) is 30.3 Å². The largest absolute Gasteiger partial charge is 0.304 e. The van der Waals surface area contributed by atoms with E-state index < -0.39 is 10.2 Å². The van der Waals surface area contributed by atoms with Crippen molar-refractivity contribution < 1.29 is 8.42 Å². The van der Waals surface area contributed by atoms with E-state index in [-0.39, 0.29) is 0 Å². The fraction of sp³-hybridized carbons (Fsp3) is 0.438. The molecule has 1 aromatic heterocycles. The van der Waals surface area contributed by atoms with Gasteiger partial charge in [-0.25, -0.2) is 4.98 Å². The van der Waals surface area contributed by atoms with Crippen molar-refractivity contribution in [1.82, 2.24) is 14.2 Å². The summed E-state index contributed by atoms with van der Waals surface area (Å²) >= 11 is 0. The highest BCUT2D eigenvalue weighted by Crippen LogP contribution is 2.24. The average molecular weight is 334 g/mol. The van der Waals surface area contributed by atoms with Gasteiger partial charge in [0.25, 0.3) is 0 Å². The summed E-state index contributed by atoms with van der Waals surface area (Å²) < 4.78 is 29.2. The standard InChI is InChI=1S/C16H22N4O2S/c1-19(2)12-14-9-8-13-6-5-7-15(16(13)17-14)18-23(21,22)20-10-3-4-11-20/h5-9,18H,3-4,10-12H2,1-2H3. The zero-order chi connectivity index (χ0) is 16.4. The number of aromatic nitrogens is 1. The number of anilines is 1. The molecule has 2 heterocycles. The van der Waals surface area contributed by atoms with Crippen LogP contribution in [-0.4, -0.2) is 49.8 Å². The van der Waals surface area contributed by atoms with Gasteiger partial charge in [-0.3, -0.25) is 4.72 Å². The predicted molar refractivity (Wildman–Crippen MR) is 92.5 cm³/mol. The molecule has 6 nitrogen and oxygen atoms in total. The lowest BCUT2D eigenvalue weighted by Crippen LogP contribution is -2.33. The van der Waals surface area contributed by atoms with Gasteiger partial charge in [0.15, 0.2) is 0 Å². The maximum atomic E-state index is 12.5. The van der Waals surface area contributed by atoms with Crippen LogP contribution in [0.25, 0.3) is 10.9 Å². The van der Waals surface area contributed by atoms with Crippen LogP contribution in [0.1, 0.15) is 18.5 Å². The van der Waals surface area contributed by atoms with Crippen LogP contribution in [-0.2, 0) is 16.8 Å². The molecule has 0 bridgehead atoms. The molecule has 3 rings (SSSR count). The zero-order valence-corrected chi connectivity index (χ0v) is 14.3. The number of pyridine rings is 1. The summed E-state index contributed by atoms with van der Waals surface area (Å²) in [6, 6.07) is 9.51. The summed E-state index contributed by atoms with van der Waals surface area (Å²) in [5.74, 6) is 0. The number of hydrogen-bond donors (Lipinski definition) is 1. The monoisotopic (exact) mass is 334 g/mol. The second-order valence-corrected chi connectivity index (χ2v) is 7.80. The molecule has 1 fully saturated rings. The molecular weight excluding hydrogens is 312 g/mol. The quantitative estimate of drug-likeness (QED) is 0.909. The SMILES string of the molecule is CN(C)Cc1ccc2cccc(NS(=O)(=O)N3CCCC3)c2n1.